The van der Waals surface area contributed by atoms with E-state index in [-0.39, 0.29) is 6.04 Å². The van der Waals surface area contributed by atoms with Gasteiger partial charge in [0.15, 0.2) is 5.82 Å². The SMILES string of the molecule is COc1cc(OC)c(Cl)c(-c2nc(NC3CCOCC3)c3cc(N)ncc3n2)c1Cl. The van der Waals surface area contributed by atoms with Crippen LogP contribution in [0.4, 0.5) is 11.6 Å². The number of ether oxygens (including phenoxy) is 3. The maximum atomic E-state index is 6.58. The van der Waals surface area contributed by atoms with Gasteiger partial charge >= 0.3 is 0 Å². The quantitative estimate of drug-likeness (QED) is 0.597. The lowest BCUT2D eigenvalue weighted by molar-refractivity contribution is 0.0904. The fraction of sp³-hybridized carbons (Fsp3) is 0.350. The number of rotatable bonds is 5. The standard InChI is InChI=1S/C20H21Cl2N5O3/c1-28-13-8-14(29-2)18(22)16(17(13)21)20-26-12-9-24-15(23)7-11(12)19(27-20)25-10-3-5-30-6-4-10/h7-10H,3-6H2,1-2H3,(H2,23,24)(H,25,26,27). The van der Waals surface area contributed by atoms with E-state index in [1.165, 1.54) is 14.2 Å². The molecule has 0 saturated carbocycles. The van der Waals surface area contributed by atoms with E-state index in [2.05, 4.69) is 15.3 Å². The molecule has 0 unspecified atom stereocenters. The second-order valence-corrected chi connectivity index (χ2v) is 7.59. The zero-order valence-corrected chi connectivity index (χ0v) is 18.0. The molecule has 10 heteroatoms. The van der Waals surface area contributed by atoms with Crippen LogP contribution in [0.2, 0.25) is 10.0 Å². The highest BCUT2D eigenvalue weighted by Gasteiger charge is 2.23. The van der Waals surface area contributed by atoms with Crippen LogP contribution < -0.4 is 20.5 Å². The minimum absolute atomic E-state index is 0.213. The van der Waals surface area contributed by atoms with E-state index in [1.807, 2.05) is 0 Å². The van der Waals surface area contributed by atoms with Crippen LogP contribution >= 0.6 is 23.2 Å². The van der Waals surface area contributed by atoms with Gasteiger partial charge in [0, 0.05) is 30.7 Å². The zero-order valence-electron chi connectivity index (χ0n) is 16.5. The summed E-state index contributed by atoms with van der Waals surface area (Å²) in [6.07, 6.45) is 3.34. The molecule has 0 radical (unpaired) electrons. The molecule has 158 valence electrons. The van der Waals surface area contributed by atoms with E-state index in [0.29, 0.717) is 63.3 Å². The second-order valence-electron chi connectivity index (χ2n) is 6.84. The first-order valence-electron chi connectivity index (χ1n) is 9.39. The number of aromatic nitrogens is 3. The van der Waals surface area contributed by atoms with Crippen molar-refractivity contribution < 1.29 is 14.2 Å². The summed E-state index contributed by atoms with van der Waals surface area (Å²) in [4.78, 5) is 13.6. The normalized spacial score (nSPS) is 14.7. The van der Waals surface area contributed by atoms with Crippen LogP contribution in [0.1, 0.15) is 12.8 Å². The van der Waals surface area contributed by atoms with Crippen LogP contribution in [0.3, 0.4) is 0 Å². The molecular weight excluding hydrogens is 429 g/mol. The molecule has 3 aromatic rings. The fourth-order valence-electron chi connectivity index (χ4n) is 3.39. The summed E-state index contributed by atoms with van der Waals surface area (Å²) in [5.74, 6) is 2.16. The fourth-order valence-corrected chi connectivity index (χ4v) is 4.06. The Hall–Kier alpha value is -2.55. The van der Waals surface area contributed by atoms with Gasteiger partial charge in [-0.1, -0.05) is 23.2 Å². The third-order valence-electron chi connectivity index (χ3n) is 4.96. The van der Waals surface area contributed by atoms with Gasteiger partial charge in [0.25, 0.3) is 0 Å². The van der Waals surface area contributed by atoms with Gasteiger partial charge in [-0.3, -0.25) is 0 Å². The number of nitrogens with one attached hydrogen (secondary N) is 1. The summed E-state index contributed by atoms with van der Waals surface area (Å²) in [7, 11) is 3.04. The third-order valence-corrected chi connectivity index (χ3v) is 5.71. The monoisotopic (exact) mass is 449 g/mol. The number of fused-ring (bicyclic) bond motifs is 1. The van der Waals surface area contributed by atoms with Crippen molar-refractivity contribution >= 4 is 45.7 Å². The van der Waals surface area contributed by atoms with Crippen LogP contribution in [-0.2, 0) is 4.74 Å². The number of nitrogens with zero attached hydrogens (tertiary/aromatic N) is 3. The molecule has 1 saturated heterocycles. The Balaban J connectivity index is 1.91. The number of halogens is 2. The lowest BCUT2D eigenvalue weighted by Gasteiger charge is -2.24. The summed E-state index contributed by atoms with van der Waals surface area (Å²) in [5, 5.41) is 4.85. The number of nitrogens with two attached hydrogens (primary N) is 1. The van der Waals surface area contributed by atoms with Crippen molar-refractivity contribution in [2.24, 2.45) is 0 Å². The van der Waals surface area contributed by atoms with E-state index >= 15 is 0 Å². The van der Waals surface area contributed by atoms with Gasteiger partial charge < -0.3 is 25.3 Å². The molecular formula is C20H21Cl2N5O3. The molecule has 1 fully saturated rings. The number of benzene rings is 1. The van der Waals surface area contributed by atoms with Crippen molar-refractivity contribution in [3.63, 3.8) is 0 Å². The summed E-state index contributed by atoms with van der Waals surface area (Å²) >= 11 is 13.2. The second kappa shape index (κ2) is 8.67. The van der Waals surface area contributed by atoms with Crippen molar-refractivity contribution in [3.05, 3.63) is 28.4 Å². The summed E-state index contributed by atoms with van der Waals surface area (Å²) in [6.45, 7) is 1.39. The molecule has 30 heavy (non-hydrogen) atoms. The maximum absolute atomic E-state index is 6.58. The average Bonchev–Trinajstić information content (AvgIpc) is 2.75. The first-order chi connectivity index (χ1) is 14.5. The number of methoxy groups -OCH3 is 2. The maximum Gasteiger partial charge on any atom is 0.165 e. The molecule has 0 aliphatic carbocycles. The molecule has 0 bridgehead atoms. The predicted molar refractivity (Wildman–Crippen MR) is 118 cm³/mol. The van der Waals surface area contributed by atoms with Gasteiger partial charge in [0.2, 0.25) is 0 Å². The molecule has 0 spiro atoms. The molecule has 0 atom stereocenters. The topological polar surface area (TPSA) is 104 Å². The van der Waals surface area contributed by atoms with Crippen molar-refractivity contribution in [1.29, 1.82) is 0 Å². The summed E-state index contributed by atoms with van der Waals surface area (Å²) in [6, 6.07) is 3.58. The summed E-state index contributed by atoms with van der Waals surface area (Å²) < 4.78 is 16.2. The Morgan fingerprint density at radius 1 is 1.07 bits per heavy atom. The smallest absolute Gasteiger partial charge is 0.165 e. The predicted octanol–water partition coefficient (Wildman–Crippen LogP) is 4.19. The van der Waals surface area contributed by atoms with E-state index < -0.39 is 0 Å². The van der Waals surface area contributed by atoms with Gasteiger partial charge in [-0.2, -0.15) is 0 Å². The Kier molecular flexibility index (Phi) is 5.99. The van der Waals surface area contributed by atoms with Crippen molar-refractivity contribution in [2.45, 2.75) is 18.9 Å². The lowest BCUT2D eigenvalue weighted by atomic mass is 10.1. The largest absolute Gasteiger partial charge is 0.495 e. The zero-order chi connectivity index (χ0) is 21.3. The number of anilines is 2. The van der Waals surface area contributed by atoms with Crippen LogP contribution in [0.15, 0.2) is 18.3 Å². The van der Waals surface area contributed by atoms with Crippen molar-refractivity contribution in [3.8, 4) is 22.9 Å². The highest BCUT2D eigenvalue weighted by molar-refractivity contribution is 6.41. The summed E-state index contributed by atoms with van der Waals surface area (Å²) in [5.41, 5.74) is 6.94. The van der Waals surface area contributed by atoms with Crippen molar-refractivity contribution in [1.82, 2.24) is 15.0 Å². The molecule has 3 heterocycles. The molecule has 2 aromatic heterocycles. The molecule has 1 aliphatic heterocycles. The molecule has 1 aliphatic rings. The van der Waals surface area contributed by atoms with E-state index in [4.69, 9.17) is 48.1 Å². The van der Waals surface area contributed by atoms with Gasteiger partial charge in [0.1, 0.15) is 23.1 Å². The van der Waals surface area contributed by atoms with Gasteiger partial charge in [-0.05, 0) is 18.9 Å². The Morgan fingerprint density at radius 3 is 2.37 bits per heavy atom. The molecule has 1 aromatic carbocycles. The average molecular weight is 450 g/mol. The highest BCUT2D eigenvalue weighted by Crippen LogP contribution is 2.45. The van der Waals surface area contributed by atoms with Crippen molar-refractivity contribution in [2.75, 3.05) is 38.5 Å². The number of hydrogen-bond donors (Lipinski definition) is 2. The van der Waals surface area contributed by atoms with Gasteiger partial charge in [0.05, 0.1) is 41.5 Å². The Bertz CT molecular complexity index is 1060. The van der Waals surface area contributed by atoms with Crippen LogP contribution in [-0.4, -0.2) is 48.4 Å². The Morgan fingerprint density at radius 2 is 1.73 bits per heavy atom. The van der Waals surface area contributed by atoms with E-state index in [0.717, 1.165) is 18.2 Å². The lowest BCUT2D eigenvalue weighted by Crippen LogP contribution is -2.28. The Labute approximate surface area is 183 Å². The van der Waals surface area contributed by atoms with Gasteiger partial charge in [-0.15, -0.1) is 0 Å². The number of nitrogen functional groups attached to an aromatic ring is 1. The first-order valence-corrected chi connectivity index (χ1v) is 10.1. The molecule has 8 nitrogen and oxygen atoms in total. The molecule has 0 amide bonds. The third kappa shape index (κ3) is 3.90. The van der Waals surface area contributed by atoms with Crippen LogP contribution in [0, 0.1) is 0 Å². The van der Waals surface area contributed by atoms with Gasteiger partial charge in [-0.25, -0.2) is 15.0 Å². The minimum Gasteiger partial charge on any atom is -0.495 e. The number of hydrogen-bond acceptors (Lipinski definition) is 8. The minimum atomic E-state index is 0.213. The van der Waals surface area contributed by atoms with E-state index in [1.54, 1.807) is 18.3 Å². The molecule has 4 rings (SSSR count). The van der Waals surface area contributed by atoms with Crippen LogP contribution in [0.5, 0.6) is 11.5 Å². The molecule has 3 N–H and O–H groups in total. The first kappa shape index (κ1) is 20.7. The number of pyridine rings is 1. The van der Waals surface area contributed by atoms with E-state index in [9.17, 15) is 0 Å². The van der Waals surface area contributed by atoms with Crippen LogP contribution in [0.25, 0.3) is 22.3 Å². The highest BCUT2D eigenvalue weighted by atomic mass is 35.5.